The molecule has 0 N–H and O–H groups in total. The highest BCUT2D eigenvalue weighted by molar-refractivity contribution is 7.99. The molecule has 0 bridgehead atoms. The zero-order valence-electron chi connectivity index (χ0n) is 21.6. The van der Waals surface area contributed by atoms with Gasteiger partial charge in [-0.15, -0.1) is 0 Å². The molecule has 1 saturated heterocycles. The molecule has 0 radical (unpaired) electrons. The third-order valence-electron chi connectivity index (χ3n) is 6.58. The fraction of sp³-hybridized carbons (Fsp3) is 0.273. The van der Waals surface area contributed by atoms with Crippen LogP contribution in [-0.4, -0.2) is 29.9 Å². The molecule has 4 aromatic rings. The number of hydrogen-bond acceptors (Lipinski definition) is 5. The second-order valence-corrected chi connectivity index (χ2v) is 10.6. The zero-order chi connectivity index (χ0) is 26.0. The van der Waals surface area contributed by atoms with Gasteiger partial charge in [0.05, 0.1) is 25.9 Å². The van der Waals surface area contributed by atoms with Crippen LogP contribution in [0.3, 0.4) is 0 Å². The lowest BCUT2D eigenvalue weighted by molar-refractivity contribution is -0.242. The minimum Gasteiger partial charge on any atom is -0.368 e. The number of hydrogen-bond donors (Lipinski definition) is 0. The first kappa shape index (κ1) is 26.7. The molecule has 1 fully saturated rings. The average Bonchev–Trinajstić information content (AvgIpc) is 2.97. The predicted molar refractivity (Wildman–Crippen MR) is 152 cm³/mol. The summed E-state index contributed by atoms with van der Waals surface area (Å²) < 4.78 is 26.4. The van der Waals surface area contributed by atoms with Crippen molar-refractivity contribution in [3.63, 3.8) is 0 Å². The molecule has 0 amide bonds. The Morgan fingerprint density at radius 2 is 0.921 bits per heavy atom. The first-order chi connectivity index (χ1) is 18.8. The molecule has 5 unspecified atom stereocenters. The van der Waals surface area contributed by atoms with Crippen molar-refractivity contribution in [3.05, 3.63) is 138 Å². The predicted octanol–water partition coefficient (Wildman–Crippen LogP) is 7.28. The van der Waals surface area contributed by atoms with Crippen molar-refractivity contribution in [2.45, 2.75) is 61.5 Å². The Morgan fingerprint density at radius 3 is 1.39 bits per heavy atom. The maximum absolute atomic E-state index is 6.67. The highest BCUT2D eigenvalue weighted by Gasteiger charge is 2.47. The minimum atomic E-state index is -0.346. The van der Waals surface area contributed by atoms with Gasteiger partial charge in [-0.2, -0.15) is 0 Å². The maximum Gasteiger partial charge on any atom is 0.136 e. The van der Waals surface area contributed by atoms with Gasteiger partial charge in [0.15, 0.2) is 0 Å². The summed E-state index contributed by atoms with van der Waals surface area (Å²) in [6, 6.07) is 41.0. The molecule has 0 spiro atoms. The van der Waals surface area contributed by atoms with E-state index in [9.17, 15) is 0 Å². The number of ether oxygens (including phenoxy) is 4. The molecule has 0 aliphatic carbocycles. The Balaban J connectivity index is 1.41. The van der Waals surface area contributed by atoms with Gasteiger partial charge in [-0.1, -0.05) is 121 Å². The summed E-state index contributed by atoms with van der Waals surface area (Å²) in [6.07, 6.45) is -1.15. The summed E-state index contributed by atoms with van der Waals surface area (Å²) in [5, 5.41) is 0. The van der Waals surface area contributed by atoms with Crippen molar-refractivity contribution in [2.75, 3.05) is 0 Å². The lowest BCUT2D eigenvalue weighted by Gasteiger charge is -2.45. The quantitative estimate of drug-likeness (QED) is 0.205. The Labute approximate surface area is 229 Å². The Hall–Kier alpha value is -2.93. The Bertz CT molecular complexity index is 1210. The molecule has 0 saturated carbocycles. The van der Waals surface area contributed by atoms with Crippen molar-refractivity contribution >= 4 is 11.8 Å². The van der Waals surface area contributed by atoms with E-state index in [1.165, 1.54) is 0 Å². The van der Waals surface area contributed by atoms with E-state index in [1.807, 2.05) is 72.8 Å². The van der Waals surface area contributed by atoms with E-state index >= 15 is 0 Å². The van der Waals surface area contributed by atoms with Crippen LogP contribution < -0.4 is 0 Å². The highest BCUT2D eigenvalue weighted by atomic mass is 32.2. The van der Waals surface area contributed by atoms with Crippen LogP contribution in [0.2, 0.25) is 0 Å². The van der Waals surface area contributed by atoms with E-state index < -0.39 is 0 Å². The maximum atomic E-state index is 6.67. The second-order valence-electron chi connectivity index (χ2n) is 9.42. The van der Waals surface area contributed by atoms with Crippen LogP contribution in [0.15, 0.2) is 126 Å². The zero-order valence-corrected chi connectivity index (χ0v) is 22.4. The van der Waals surface area contributed by atoms with Crippen LogP contribution in [0.4, 0.5) is 0 Å². The fourth-order valence-electron chi connectivity index (χ4n) is 4.60. The van der Waals surface area contributed by atoms with Crippen molar-refractivity contribution in [1.82, 2.24) is 0 Å². The lowest BCUT2D eigenvalue weighted by atomic mass is 9.99. The van der Waals surface area contributed by atoms with Gasteiger partial charge in [-0.05, 0) is 35.7 Å². The van der Waals surface area contributed by atoms with E-state index in [0.717, 1.165) is 21.6 Å². The molecule has 0 aromatic heterocycles. The van der Waals surface area contributed by atoms with Crippen LogP contribution in [0.25, 0.3) is 0 Å². The van der Waals surface area contributed by atoms with E-state index in [2.05, 4.69) is 55.5 Å². The van der Waals surface area contributed by atoms with Crippen LogP contribution in [0.5, 0.6) is 0 Å². The third-order valence-corrected chi connectivity index (χ3v) is 7.73. The largest absolute Gasteiger partial charge is 0.368 e. The molecule has 1 heterocycles. The molecule has 196 valence electrons. The fourth-order valence-corrected chi connectivity index (χ4v) is 5.78. The summed E-state index contributed by atoms with van der Waals surface area (Å²) in [4.78, 5) is 1.13. The number of benzene rings is 4. The molecular weight excluding hydrogens is 492 g/mol. The van der Waals surface area contributed by atoms with E-state index in [4.69, 9.17) is 18.9 Å². The van der Waals surface area contributed by atoms with Gasteiger partial charge in [-0.3, -0.25) is 0 Å². The standard InChI is InChI=1S/C33H34O4S/c1-25-30(34-22-26-14-6-2-7-15-26)31(35-23-27-16-8-3-9-17-27)32(36-24-28-18-10-4-11-19-28)33(37-25)38-29-20-12-5-13-21-29/h2-21,25,30-33H,22-24H2,1H3. The van der Waals surface area contributed by atoms with Crippen LogP contribution in [0, 0.1) is 0 Å². The normalized spacial score (nSPS) is 23.2. The van der Waals surface area contributed by atoms with Crippen LogP contribution in [0.1, 0.15) is 23.6 Å². The highest BCUT2D eigenvalue weighted by Crippen LogP contribution is 2.38. The van der Waals surface area contributed by atoms with E-state index in [0.29, 0.717) is 19.8 Å². The average molecular weight is 527 g/mol. The van der Waals surface area contributed by atoms with Gasteiger partial charge in [0, 0.05) is 4.90 Å². The first-order valence-electron chi connectivity index (χ1n) is 13.1. The molecule has 5 heteroatoms. The molecular formula is C33H34O4S. The molecule has 5 rings (SSSR count). The topological polar surface area (TPSA) is 36.9 Å². The van der Waals surface area contributed by atoms with Gasteiger partial charge in [-0.25, -0.2) is 0 Å². The number of thioether (sulfide) groups is 1. The van der Waals surface area contributed by atoms with Gasteiger partial charge in [0.25, 0.3) is 0 Å². The lowest BCUT2D eigenvalue weighted by Crippen LogP contribution is -2.58. The minimum absolute atomic E-state index is 0.183. The Morgan fingerprint density at radius 1 is 0.526 bits per heavy atom. The van der Waals surface area contributed by atoms with Crippen molar-refractivity contribution in [3.8, 4) is 0 Å². The SMILES string of the molecule is CC1OC(Sc2ccccc2)C(OCc2ccccc2)C(OCc2ccccc2)C1OCc1ccccc1. The first-order valence-corrected chi connectivity index (χ1v) is 14.0. The van der Waals surface area contributed by atoms with Crippen LogP contribution in [-0.2, 0) is 38.8 Å². The van der Waals surface area contributed by atoms with Crippen molar-refractivity contribution < 1.29 is 18.9 Å². The molecule has 38 heavy (non-hydrogen) atoms. The van der Waals surface area contributed by atoms with Gasteiger partial charge in [0.2, 0.25) is 0 Å². The van der Waals surface area contributed by atoms with E-state index in [-0.39, 0.29) is 29.9 Å². The molecule has 1 aliphatic rings. The molecule has 4 nitrogen and oxygen atoms in total. The van der Waals surface area contributed by atoms with Crippen LogP contribution >= 0.6 is 11.8 Å². The molecule has 4 aromatic carbocycles. The van der Waals surface area contributed by atoms with Gasteiger partial charge < -0.3 is 18.9 Å². The molecule has 5 atom stereocenters. The monoisotopic (exact) mass is 526 g/mol. The third kappa shape index (κ3) is 7.34. The molecule has 1 aliphatic heterocycles. The summed E-state index contributed by atoms with van der Waals surface area (Å²) >= 11 is 1.67. The summed E-state index contributed by atoms with van der Waals surface area (Å²) in [5.41, 5.74) is 3.08. The number of rotatable bonds is 11. The summed E-state index contributed by atoms with van der Waals surface area (Å²) in [6.45, 7) is 3.48. The Kier molecular flexibility index (Phi) is 9.64. The van der Waals surface area contributed by atoms with Crippen molar-refractivity contribution in [2.24, 2.45) is 0 Å². The summed E-state index contributed by atoms with van der Waals surface area (Å²) in [5.74, 6) is 0. The van der Waals surface area contributed by atoms with Crippen molar-refractivity contribution in [1.29, 1.82) is 0 Å². The second kappa shape index (κ2) is 13.7. The summed E-state index contributed by atoms with van der Waals surface area (Å²) in [7, 11) is 0. The van der Waals surface area contributed by atoms with E-state index in [1.54, 1.807) is 11.8 Å². The van der Waals surface area contributed by atoms with Gasteiger partial charge in [0.1, 0.15) is 23.7 Å². The van der Waals surface area contributed by atoms with Gasteiger partial charge >= 0.3 is 0 Å². The smallest absolute Gasteiger partial charge is 0.136 e.